The Hall–Kier alpha value is -0.120. The Morgan fingerprint density at radius 1 is 1.21 bits per heavy atom. The molecule has 2 atom stereocenters. The number of hydrogen-bond donors (Lipinski definition) is 1. The summed E-state index contributed by atoms with van der Waals surface area (Å²) in [5, 5.41) is 3.77. The first-order chi connectivity index (χ1) is 9.16. The normalized spacial score (nSPS) is 28.3. The average molecular weight is 268 g/mol. The molecule has 112 valence electrons. The minimum Gasteiger partial charge on any atom is -0.381 e. The van der Waals surface area contributed by atoms with Crippen LogP contribution in [0.5, 0.6) is 0 Å². The number of likely N-dealkylation sites (N-methyl/N-ethyl adjacent to an activating group) is 1. The Balaban J connectivity index is 2.06. The molecule has 0 amide bonds. The third-order valence-electron chi connectivity index (χ3n) is 5.02. The van der Waals surface area contributed by atoms with Crippen LogP contribution in [-0.4, -0.2) is 49.3 Å². The van der Waals surface area contributed by atoms with Crippen LogP contribution in [0.4, 0.5) is 0 Å². The Kier molecular flexibility index (Phi) is 5.67. The monoisotopic (exact) mass is 268 g/mol. The lowest BCUT2D eigenvalue weighted by Gasteiger charge is -2.49. The van der Waals surface area contributed by atoms with Gasteiger partial charge in [0.1, 0.15) is 0 Å². The van der Waals surface area contributed by atoms with Crippen molar-refractivity contribution in [1.29, 1.82) is 0 Å². The predicted octanol–water partition coefficient (Wildman–Crippen LogP) is 2.66. The van der Waals surface area contributed by atoms with E-state index in [0.29, 0.717) is 12.0 Å². The Morgan fingerprint density at radius 3 is 2.53 bits per heavy atom. The van der Waals surface area contributed by atoms with Gasteiger partial charge in [0.2, 0.25) is 0 Å². The molecule has 2 unspecified atom stereocenters. The molecule has 19 heavy (non-hydrogen) atoms. The zero-order valence-corrected chi connectivity index (χ0v) is 13.1. The lowest BCUT2D eigenvalue weighted by atomic mass is 9.79. The van der Waals surface area contributed by atoms with Crippen LogP contribution in [0, 0.1) is 5.92 Å². The van der Waals surface area contributed by atoms with Gasteiger partial charge in [-0.3, -0.25) is 4.90 Å². The van der Waals surface area contributed by atoms with Crippen LogP contribution < -0.4 is 5.32 Å². The lowest BCUT2D eigenvalue weighted by molar-refractivity contribution is -0.0134. The van der Waals surface area contributed by atoms with Crippen LogP contribution in [-0.2, 0) is 4.74 Å². The summed E-state index contributed by atoms with van der Waals surface area (Å²) in [6.07, 6.45) is 6.68. The molecule has 2 saturated heterocycles. The summed E-state index contributed by atoms with van der Waals surface area (Å²) in [6, 6.07) is 0.552. The molecule has 0 aliphatic carbocycles. The molecule has 0 aromatic carbocycles. The highest BCUT2D eigenvalue weighted by Gasteiger charge is 2.40. The van der Waals surface area contributed by atoms with Gasteiger partial charge in [-0.2, -0.15) is 0 Å². The van der Waals surface area contributed by atoms with Crippen LogP contribution in [0.1, 0.15) is 52.9 Å². The molecular formula is C16H32N2O. The molecule has 0 bridgehead atoms. The van der Waals surface area contributed by atoms with Crippen molar-refractivity contribution >= 4 is 0 Å². The van der Waals surface area contributed by atoms with Crippen LogP contribution in [0.2, 0.25) is 0 Å². The summed E-state index contributed by atoms with van der Waals surface area (Å²) in [6.45, 7) is 12.6. The Morgan fingerprint density at radius 2 is 1.95 bits per heavy atom. The minimum atomic E-state index is 0.238. The van der Waals surface area contributed by atoms with E-state index in [1.54, 1.807) is 0 Å². The van der Waals surface area contributed by atoms with E-state index in [1.807, 2.05) is 0 Å². The minimum absolute atomic E-state index is 0.238. The van der Waals surface area contributed by atoms with E-state index in [4.69, 9.17) is 4.74 Å². The Labute approximate surface area is 119 Å². The summed E-state index contributed by atoms with van der Waals surface area (Å²) in [5.74, 6) is 0.672. The summed E-state index contributed by atoms with van der Waals surface area (Å²) in [5.41, 5.74) is 0.238. The van der Waals surface area contributed by atoms with Crippen molar-refractivity contribution < 1.29 is 4.74 Å². The summed E-state index contributed by atoms with van der Waals surface area (Å²) in [4.78, 5) is 2.71. The second kappa shape index (κ2) is 7.05. The molecule has 2 heterocycles. The zero-order chi connectivity index (χ0) is 13.7. The van der Waals surface area contributed by atoms with Crippen molar-refractivity contribution in [3.63, 3.8) is 0 Å². The van der Waals surface area contributed by atoms with Gasteiger partial charge in [-0.1, -0.05) is 13.3 Å². The summed E-state index contributed by atoms with van der Waals surface area (Å²) >= 11 is 0. The first kappa shape index (κ1) is 15.3. The molecule has 2 aliphatic heterocycles. The maximum absolute atomic E-state index is 5.73. The van der Waals surface area contributed by atoms with Crippen molar-refractivity contribution in [2.24, 2.45) is 5.92 Å². The molecule has 1 N–H and O–H groups in total. The van der Waals surface area contributed by atoms with Gasteiger partial charge in [-0.25, -0.2) is 0 Å². The molecule has 2 aliphatic rings. The number of ether oxygens (including phenoxy) is 1. The third kappa shape index (κ3) is 3.71. The van der Waals surface area contributed by atoms with Crippen molar-refractivity contribution in [2.75, 3.05) is 32.8 Å². The molecule has 0 saturated carbocycles. The second-order valence-electron chi connectivity index (χ2n) is 6.71. The van der Waals surface area contributed by atoms with Crippen molar-refractivity contribution in [3.8, 4) is 0 Å². The number of hydrogen-bond acceptors (Lipinski definition) is 3. The van der Waals surface area contributed by atoms with E-state index in [-0.39, 0.29) is 5.54 Å². The molecule has 3 nitrogen and oxygen atoms in total. The van der Waals surface area contributed by atoms with E-state index in [2.05, 4.69) is 31.0 Å². The van der Waals surface area contributed by atoms with Gasteiger partial charge in [-0.15, -0.1) is 0 Å². The maximum atomic E-state index is 5.73. The highest BCUT2D eigenvalue weighted by molar-refractivity contribution is 4.98. The van der Waals surface area contributed by atoms with E-state index < -0.39 is 0 Å². The van der Waals surface area contributed by atoms with Crippen molar-refractivity contribution in [3.05, 3.63) is 0 Å². The molecule has 3 heteroatoms. The lowest BCUT2D eigenvalue weighted by Crippen LogP contribution is -2.62. The number of piperidine rings is 1. The van der Waals surface area contributed by atoms with Gasteiger partial charge in [0.25, 0.3) is 0 Å². The van der Waals surface area contributed by atoms with Crippen LogP contribution >= 0.6 is 0 Å². The van der Waals surface area contributed by atoms with E-state index >= 15 is 0 Å². The summed E-state index contributed by atoms with van der Waals surface area (Å²) < 4.78 is 5.73. The number of likely N-dealkylation sites (tertiary alicyclic amines) is 1. The van der Waals surface area contributed by atoms with Gasteiger partial charge in [0.15, 0.2) is 0 Å². The van der Waals surface area contributed by atoms with Gasteiger partial charge in [0, 0.05) is 18.2 Å². The first-order valence-corrected chi connectivity index (χ1v) is 8.22. The number of rotatable bonds is 5. The first-order valence-electron chi connectivity index (χ1n) is 8.22. The highest BCUT2D eigenvalue weighted by Crippen LogP contribution is 2.31. The molecule has 2 rings (SSSR count). The van der Waals surface area contributed by atoms with Crippen molar-refractivity contribution in [2.45, 2.75) is 64.5 Å². The predicted molar refractivity (Wildman–Crippen MR) is 80.5 cm³/mol. The van der Waals surface area contributed by atoms with Crippen LogP contribution in [0.15, 0.2) is 0 Å². The maximum Gasteiger partial charge on any atom is 0.0509 e. The zero-order valence-electron chi connectivity index (χ0n) is 13.1. The molecule has 2 fully saturated rings. The smallest absolute Gasteiger partial charge is 0.0509 e. The topological polar surface area (TPSA) is 24.5 Å². The van der Waals surface area contributed by atoms with E-state index in [1.165, 1.54) is 45.2 Å². The highest BCUT2D eigenvalue weighted by atomic mass is 16.5. The van der Waals surface area contributed by atoms with Gasteiger partial charge in [0.05, 0.1) is 6.61 Å². The van der Waals surface area contributed by atoms with Crippen LogP contribution in [0.3, 0.4) is 0 Å². The Bertz CT molecular complexity index is 255. The van der Waals surface area contributed by atoms with Crippen molar-refractivity contribution in [1.82, 2.24) is 10.2 Å². The molecule has 0 aromatic heterocycles. The van der Waals surface area contributed by atoms with Gasteiger partial charge < -0.3 is 10.1 Å². The second-order valence-corrected chi connectivity index (χ2v) is 6.71. The van der Waals surface area contributed by atoms with Crippen LogP contribution in [0.25, 0.3) is 0 Å². The molecule has 0 spiro atoms. The fraction of sp³-hybridized carbons (Fsp3) is 1.00. The summed E-state index contributed by atoms with van der Waals surface area (Å²) in [7, 11) is 0. The van der Waals surface area contributed by atoms with Gasteiger partial charge >= 0.3 is 0 Å². The fourth-order valence-electron chi connectivity index (χ4n) is 3.91. The SMILES string of the molecule is CCNC(C1CCCOC1)C(C)(C)N1CCCCC1. The van der Waals surface area contributed by atoms with E-state index in [9.17, 15) is 0 Å². The average Bonchev–Trinajstić information content (AvgIpc) is 2.46. The largest absolute Gasteiger partial charge is 0.381 e. The third-order valence-corrected chi connectivity index (χ3v) is 5.02. The standard InChI is InChI=1S/C16H32N2O/c1-4-17-15(14-9-8-12-19-13-14)16(2,3)18-10-6-5-7-11-18/h14-15,17H,4-13H2,1-3H3. The molecular weight excluding hydrogens is 236 g/mol. The number of nitrogens with one attached hydrogen (secondary N) is 1. The van der Waals surface area contributed by atoms with Gasteiger partial charge in [-0.05, 0) is 65.1 Å². The molecule has 0 radical (unpaired) electrons. The quantitative estimate of drug-likeness (QED) is 0.829. The molecule has 0 aromatic rings. The van der Waals surface area contributed by atoms with E-state index in [0.717, 1.165) is 19.8 Å². The fourth-order valence-corrected chi connectivity index (χ4v) is 3.91. The number of nitrogens with zero attached hydrogens (tertiary/aromatic N) is 1.